The largest absolute Gasteiger partial charge is 0.468 e. The molecule has 0 saturated carbocycles. The zero-order valence-corrected chi connectivity index (χ0v) is 16.8. The molecular formula is C20H17BrN2O5. The Kier molecular flexibility index (Phi) is 5.89. The molecule has 1 aliphatic heterocycles. The summed E-state index contributed by atoms with van der Waals surface area (Å²) < 4.78 is 10.7. The Labute approximate surface area is 170 Å². The molecule has 144 valence electrons. The number of carbonyl (C=O) groups excluding carboxylic acids is 3. The smallest absolute Gasteiger partial charge is 0.325 e. The number of hydrogen-bond acceptors (Lipinski definition) is 6. The lowest BCUT2D eigenvalue weighted by Gasteiger charge is -2.23. The van der Waals surface area contributed by atoms with Crippen molar-refractivity contribution in [1.82, 2.24) is 0 Å². The fourth-order valence-electron chi connectivity index (χ4n) is 2.84. The molecule has 2 aromatic rings. The summed E-state index contributed by atoms with van der Waals surface area (Å²) in [5, 5.41) is 0. The molecule has 0 unspecified atom stereocenters. The molecule has 0 spiro atoms. The van der Waals surface area contributed by atoms with Crippen molar-refractivity contribution in [3.05, 3.63) is 64.1 Å². The molecule has 1 aliphatic rings. The molecule has 28 heavy (non-hydrogen) atoms. The van der Waals surface area contributed by atoms with Crippen LogP contribution in [0.4, 0.5) is 5.69 Å². The van der Waals surface area contributed by atoms with Gasteiger partial charge in [0.2, 0.25) is 0 Å². The van der Waals surface area contributed by atoms with E-state index in [1.165, 1.54) is 18.9 Å². The van der Waals surface area contributed by atoms with E-state index in [1.807, 2.05) is 30.3 Å². The second kappa shape index (κ2) is 8.35. The Morgan fingerprint density at radius 2 is 1.89 bits per heavy atom. The minimum Gasteiger partial charge on any atom is -0.468 e. The number of hydrogen-bond donors (Lipinski definition) is 0. The highest BCUT2D eigenvalue weighted by molar-refractivity contribution is 9.10. The average molecular weight is 445 g/mol. The molecule has 0 radical (unpaired) electrons. The third-order valence-electron chi connectivity index (χ3n) is 4.07. The summed E-state index contributed by atoms with van der Waals surface area (Å²) in [6.45, 7) is 0.865. The van der Waals surface area contributed by atoms with Crippen molar-refractivity contribution >= 4 is 45.2 Å². The number of esters is 2. The van der Waals surface area contributed by atoms with Gasteiger partial charge in [-0.2, -0.15) is 0 Å². The van der Waals surface area contributed by atoms with Gasteiger partial charge in [-0.3, -0.25) is 19.3 Å². The summed E-state index contributed by atoms with van der Waals surface area (Å²) in [4.78, 5) is 42.2. The Bertz CT molecular complexity index is 958. The standard InChI is InChI=1S/C20H17BrN2O5/c1-12(24)28-19-20(26)23(11-17(25)27-2)16-9-8-14(21)10-15(16)18(22-19)13-6-4-3-5-7-13/h3-10,19H,11H2,1-2H3/t19-/m0/s1. The molecule has 0 aliphatic carbocycles. The molecule has 1 amide bonds. The van der Waals surface area contributed by atoms with Crippen LogP contribution in [0.5, 0.6) is 0 Å². The van der Waals surface area contributed by atoms with E-state index in [2.05, 4.69) is 20.9 Å². The highest BCUT2D eigenvalue weighted by atomic mass is 79.9. The van der Waals surface area contributed by atoms with Crippen LogP contribution in [0.1, 0.15) is 18.1 Å². The quantitative estimate of drug-likeness (QED) is 0.676. The number of fused-ring (bicyclic) bond motifs is 1. The van der Waals surface area contributed by atoms with E-state index in [0.717, 1.165) is 10.0 Å². The molecule has 2 aromatic carbocycles. The third kappa shape index (κ3) is 4.12. The Morgan fingerprint density at radius 1 is 1.18 bits per heavy atom. The second-order valence-electron chi connectivity index (χ2n) is 5.97. The van der Waals surface area contributed by atoms with Crippen LogP contribution in [-0.2, 0) is 23.9 Å². The van der Waals surface area contributed by atoms with E-state index >= 15 is 0 Å². The second-order valence-corrected chi connectivity index (χ2v) is 6.88. The number of halogens is 1. The van der Waals surface area contributed by atoms with E-state index < -0.39 is 24.1 Å². The lowest BCUT2D eigenvalue weighted by Crippen LogP contribution is -2.43. The first kappa shape index (κ1) is 19.8. The van der Waals surface area contributed by atoms with Gasteiger partial charge in [0, 0.05) is 22.5 Å². The summed E-state index contributed by atoms with van der Waals surface area (Å²) in [7, 11) is 1.24. The van der Waals surface area contributed by atoms with Gasteiger partial charge in [0.05, 0.1) is 18.5 Å². The van der Waals surface area contributed by atoms with Crippen LogP contribution >= 0.6 is 15.9 Å². The van der Waals surface area contributed by atoms with Crippen LogP contribution in [0.25, 0.3) is 0 Å². The van der Waals surface area contributed by atoms with Gasteiger partial charge >= 0.3 is 11.9 Å². The topological polar surface area (TPSA) is 85.3 Å². The van der Waals surface area contributed by atoms with Crippen molar-refractivity contribution in [3.8, 4) is 0 Å². The number of methoxy groups -OCH3 is 1. The fraction of sp³-hybridized carbons (Fsp3) is 0.200. The molecule has 7 nitrogen and oxygen atoms in total. The van der Waals surface area contributed by atoms with Crippen LogP contribution in [0, 0.1) is 0 Å². The minimum atomic E-state index is -1.41. The number of benzene rings is 2. The molecule has 0 N–H and O–H groups in total. The molecule has 0 fully saturated rings. The van der Waals surface area contributed by atoms with Gasteiger partial charge in [-0.15, -0.1) is 0 Å². The maximum atomic E-state index is 13.1. The highest BCUT2D eigenvalue weighted by Crippen LogP contribution is 2.31. The SMILES string of the molecule is COC(=O)CN1C(=O)[C@H](OC(C)=O)N=C(c2ccccc2)c2cc(Br)ccc21. The van der Waals surface area contributed by atoms with Gasteiger partial charge in [-0.1, -0.05) is 46.3 Å². The molecule has 3 rings (SSSR count). The van der Waals surface area contributed by atoms with E-state index in [0.29, 0.717) is 17.0 Å². The molecule has 8 heteroatoms. The lowest BCUT2D eigenvalue weighted by molar-refractivity contribution is -0.152. The lowest BCUT2D eigenvalue weighted by atomic mass is 10.0. The Hall–Kier alpha value is -3.00. The first-order chi connectivity index (χ1) is 13.4. The van der Waals surface area contributed by atoms with E-state index in [-0.39, 0.29) is 6.54 Å². The number of nitrogens with zero attached hydrogens (tertiary/aromatic N) is 2. The zero-order chi connectivity index (χ0) is 20.3. The fourth-order valence-corrected chi connectivity index (χ4v) is 3.21. The van der Waals surface area contributed by atoms with Gasteiger partial charge in [-0.25, -0.2) is 4.99 Å². The van der Waals surface area contributed by atoms with Crippen LogP contribution in [0.3, 0.4) is 0 Å². The number of anilines is 1. The van der Waals surface area contributed by atoms with Crippen LogP contribution in [0.2, 0.25) is 0 Å². The average Bonchev–Trinajstić information content (AvgIpc) is 2.78. The van der Waals surface area contributed by atoms with E-state index in [1.54, 1.807) is 18.2 Å². The predicted octanol–water partition coefficient (Wildman–Crippen LogP) is 2.70. The number of carbonyl (C=O) groups is 3. The molecular weight excluding hydrogens is 428 g/mol. The number of ether oxygens (including phenoxy) is 2. The monoisotopic (exact) mass is 444 g/mol. The van der Waals surface area contributed by atoms with Crippen molar-refractivity contribution in [2.24, 2.45) is 4.99 Å². The van der Waals surface area contributed by atoms with Crippen molar-refractivity contribution in [2.75, 3.05) is 18.6 Å². The Morgan fingerprint density at radius 3 is 2.54 bits per heavy atom. The summed E-state index contributed by atoms with van der Waals surface area (Å²) in [5.41, 5.74) is 2.30. The molecule has 1 atom stereocenters. The van der Waals surface area contributed by atoms with Gasteiger partial charge in [0.25, 0.3) is 12.1 Å². The van der Waals surface area contributed by atoms with Crippen LogP contribution in [-0.4, -0.2) is 43.4 Å². The number of aliphatic imine (C=N–C) groups is 1. The molecule has 0 saturated heterocycles. The van der Waals surface area contributed by atoms with Crippen molar-refractivity contribution < 1.29 is 23.9 Å². The van der Waals surface area contributed by atoms with Crippen molar-refractivity contribution in [3.63, 3.8) is 0 Å². The third-order valence-corrected chi connectivity index (χ3v) is 4.56. The first-order valence-electron chi connectivity index (χ1n) is 8.39. The number of benzodiazepines with no additional fused rings is 1. The Balaban J connectivity index is 2.23. The van der Waals surface area contributed by atoms with Gasteiger partial charge in [0.15, 0.2) is 0 Å². The summed E-state index contributed by atoms with van der Waals surface area (Å²) in [5.74, 6) is -1.89. The number of rotatable bonds is 4. The van der Waals surface area contributed by atoms with Crippen molar-refractivity contribution in [2.45, 2.75) is 13.2 Å². The van der Waals surface area contributed by atoms with E-state index in [4.69, 9.17) is 9.47 Å². The van der Waals surface area contributed by atoms with E-state index in [9.17, 15) is 14.4 Å². The van der Waals surface area contributed by atoms with Crippen molar-refractivity contribution in [1.29, 1.82) is 0 Å². The highest BCUT2D eigenvalue weighted by Gasteiger charge is 2.35. The number of amides is 1. The first-order valence-corrected chi connectivity index (χ1v) is 9.18. The molecule has 0 aromatic heterocycles. The summed E-state index contributed by atoms with van der Waals surface area (Å²) in [6.07, 6.45) is -1.41. The maximum absolute atomic E-state index is 13.1. The zero-order valence-electron chi connectivity index (χ0n) is 15.2. The normalized spacial score (nSPS) is 16.0. The van der Waals surface area contributed by atoms with Gasteiger partial charge in [-0.05, 0) is 18.2 Å². The minimum absolute atomic E-state index is 0.334. The summed E-state index contributed by atoms with van der Waals surface area (Å²) >= 11 is 3.44. The maximum Gasteiger partial charge on any atom is 0.325 e. The summed E-state index contributed by atoms with van der Waals surface area (Å²) in [6, 6.07) is 14.5. The van der Waals surface area contributed by atoms with Gasteiger partial charge < -0.3 is 9.47 Å². The predicted molar refractivity (Wildman–Crippen MR) is 106 cm³/mol. The van der Waals surface area contributed by atoms with Crippen LogP contribution in [0.15, 0.2) is 58.0 Å². The molecule has 1 heterocycles. The van der Waals surface area contributed by atoms with Crippen LogP contribution < -0.4 is 4.90 Å². The molecule has 0 bridgehead atoms. The van der Waals surface area contributed by atoms with Gasteiger partial charge in [0.1, 0.15) is 6.54 Å².